The third-order valence-electron chi connectivity index (χ3n) is 3.42. The van der Waals surface area contributed by atoms with Crippen LogP contribution in [-0.4, -0.2) is 22.4 Å². The molecular weight excluding hydrogens is 328 g/mol. The molecule has 0 saturated heterocycles. The molecule has 0 aliphatic carbocycles. The molecule has 24 heavy (non-hydrogen) atoms. The van der Waals surface area contributed by atoms with Gasteiger partial charge in [0.2, 0.25) is 11.5 Å². The summed E-state index contributed by atoms with van der Waals surface area (Å²) in [5.74, 6) is -0.225. The zero-order valence-corrected chi connectivity index (χ0v) is 13.4. The summed E-state index contributed by atoms with van der Waals surface area (Å²) >= 11 is 6.18. The number of halogens is 1. The molecule has 1 amide bonds. The van der Waals surface area contributed by atoms with Gasteiger partial charge < -0.3 is 15.6 Å². The Morgan fingerprint density at radius 2 is 2.08 bits per heavy atom. The van der Waals surface area contributed by atoms with E-state index in [1.807, 2.05) is 18.2 Å². The maximum absolute atomic E-state index is 12.0. The SMILES string of the molecule is O=C(CNCc1ccccn1)Nc1cc2cc(=O)[nH]cc2cc1Cl. The van der Waals surface area contributed by atoms with Gasteiger partial charge in [0.1, 0.15) is 0 Å². The molecule has 0 fully saturated rings. The number of pyridine rings is 2. The number of hydrogen-bond acceptors (Lipinski definition) is 4. The summed E-state index contributed by atoms with van der Waals surface area (Å²) in [4.78, 5) is 30.2. The summed E-state index contributed by atoms with van der Waals surface area (Å²) in [5.41, 5.74) is 1.12. The molecule has 3 rings (SSSR count). The number of aromatic nitrogens is 2. The van der Waals surface area contributed by atoms with Gasteiger partial charge in [-0.25, -0.2) is 0 Å². The van der Waals surface area contributed by atoms with Gasteiger partial charge in [-0.2, -0.15) is 0 Å². The molecule has 122 valence electrons. The molecular formula is C17H15ClN4O2. The van der Waals surface area contributed by atoms with Crippen LogP contribution in [0.25, 0.3) is 10.8 Å². The molecule has 0 unspecified atom stereocenters. The number of hydrogen-bond donors (Lipinski definition) is 3. The molecule has 1 aromatic carbocycles. The molecule has 6 nitrogen and oxygen atoms in total. The average Bonchev–Trinajstić information content (AvgIpc) is 2.57. The monoisotopic (exact) mass is 342 g/mol. The van der Waals surface area contributed by atoms with Crippen molar-refractivity contribution in [1.82, 2.24) is 15.3 Å². The Balaban J connectivity index is 1.64. The highest BCUT2D eigenvalue weighted by Gasteiger charge is 2.08. The number of anilines is 1. The van der Waals surface area contributed by atoms with Gasteiger partial charge >= 0.3 is 0 Å². The molecule has 2 heterocycles. The Labute approximate surface area is 142 Å². The first-order chi connectivity index (χ1) is 11.6. The quantitative estimate of drug-likeness (QED) is 0.664. The summed E-state index contributed by atoms with van der Waals surface area (Å²) < 4.78 is 0. The summed E-state index contributed by atoms with van der Waals surface area (Å²) in [6.45, 7) is 0.620. The van der Waals surface area contributed by atoms with Crippen LogP contribution in [0, 0.1) is 0 Å². The Hall–Kier alpha value is -2.70. The van der Waals surface area contributed by atoms with E-state index < -0.39 is 0 Å². The predicted molar refractivity (Wildman–Crippen MR) is 94.2 cm³/mol. The zero-order chi connectivity index (χ0) is 16.9. The number of nitrogens with zero attached hydrogens (tertiary/aromatic N) is 1. The molecule has 0 aliphatic heterocycles. The summed E-state index contributed by atoms with van der Waals surface area (Å²) in [6, 6.07) is 10.4. The molecule has 0 spiro atoms. The van der Waals surface area contributed by atoms with E-state index in [2.05, 4.69) is 20.6 Å². The van der Waals surface area contributed by atoms with Crippen molar-refractivity contribution in [2.75, 3.05) is 11.9 Å². The number of fused-ring (bicyclic) bond motifs is 1. The molecule has 0 aliphatic rings. The lowest BCUT2D eigenvalue weighted by molar-refractivity contribution is -0.115. The second-order valence-corrected chi connectivity index (χ2v) is 5.64. The number of aromatic amines is 1. The summed E-state index contributed by atoms with van der Waals surface area (Å²) in [6.07, 6.45) is 3.29. The van der Waals surface area contributed by atoms with Crippen molar-refractivity contribution in [2.24, 2.45) is 0 Å². The van der Waals surface area contributed by atoms with Gasteiger partial charge in [0.05, 0.1) is 22.9 Å². The Bertz CT molecular complexity index is 925. The second-order valence-electron chi connectivity index (χ2n) is 5.23. The van der Waals surface area contributed by atoms with E-state index in [9.17, 15) is 9.59 Å². The predicted octanol–water partition coefficient (Wildman–Crippen LogP) is 2.30. The number of nitrogens with one attached hydrogen (secondary N) is 3. The topological polar surface area (TPSA) is 86.9 Å². The highest BCUT2D eigenvalue weighted by molar-refractivity contribution is 6.34. The van der Waals surface area contributed by atoms with E-state index in [1.165, 1.54) is 6.07 Å². The lowest BCUT2D eigenvalue weighted by Gasteiger charge is -2.09. The summed E-state index contributed by atoms with van der Waals surface area (Å²) in [5, 5.41) is 7.67. The Kier molecular flexibility index (Phi) is 4.88. The van der Waals surface area contributed by atoms with Crippen LogP contribution in [0.4, 0.5) is 5.69 Å². The fourth-order valence-corrected chi connectivity index (χ4v) is 2.50. The van der Waals surface area contributed by atoms with E-state index in [0.717, 1.165) is 11.1 Å². The maximum Gasteiger partial charge on any atom is 0.248 e. The van der Waals surface area contributed by atoms with Crippen molar-refractivity contribution in [3.8, 4) is 0 Å². The van der Waals surface area contributed by atoms with Crippen molar-refractivity contribution < 1.29 is 4.79 Å². The smallest absolute Gasteiger partial charge is 0.248 e. The number of amides is 1. The van der Waals surface area contributed by atoms with Crippen molar-refractivity contribution in [3.63, 3.8) is 0 Å². The first kappa shape index (κ1) is 16.2. The van der Waals surface area contributed by atoms with Crippen molar-refractivity contribution in [3.05, 3.63) is 69.9 Å². The first-order valence-electron chi connectivity index (χ1n) is 7.34. The van der Waals surface area contributed by atoms with Crippen LogP contribution in [0.2, 0.25) is 5.02 Å². The third kappa shape index (κ3) is 3.98. The third-order valence-corrected chi connectivity index (χ3v) is 3.73. The normalized spacial score (nSPS) is 10.7. The molecule has 0 bridgehead atoms. The maximum atomic E-state index is 12.0. The van der Waals surface area contributed by atoms with Gasteiger partial charge in [-0.3, -0.25) is 14.6 Å². The summed E-state index contributed by atoms with van der Waals surface area (Å²) in [7, 11) is 0. The zero-order valence-electron chi connectivity index (χ0n) is 12.7. The fourth-order valence-electron chi connectivity index (χ4n) is 2.28. The first-order valence-corrected chi connectivity index (χ1v) is 7.72. The van der Waals surface area contributed by atoms with Crippen LogP contribution in [-0.2, 0) is 11.3 Å². The minimum Gasteiger partial charge on any atom is -0.328 e. The van der Waals surface area contributed by atoms with E-state index >= 15 is 0 Å². The lowest BCUT2D eigenvalue weighted by Crippen LogP contribution is -2.28. The fraction of sp³-hybridized carbons (Fsp3) is 0.118. The highest BCUT2D eigenvalue weighted by atomic mass is 35.5. The molecule has 0 atom stereocenters. The molecule has 3 aromatic rings. The molecule has 3 N–H and O–H groups in total. The largest absolute Gasteiger partial charge is 0.328 e. The van der Waals surface area contributed by atoms with Gasteiger partial charge in [-0.15, -0.1) is 0 Å². The molecule has 2 aromatic heterocycles. The van der Waals surface area contributed by atoms with Crippen LogP contribution >= 0.6 is 11.6 Å². The van der Waals surface area contributed by atoms with Crippen LogP contribution in [0.5, 0.6) is 0 Å². The van der Waals surface area contributed by atoms with E-state index in [4.69, 9.17) is 11.6 Å². The van der Waals surface area contributed by atoms with Gasteiger partial charge in [-0.1, -0.05) is 17.7 Å². The van der Waals surface area contributed by atoms with Crippen LogP contribution < -0.4 is 16.2 Å². The minimum atomic E-state index is -0.225. The van der Waals surface area contributed by atoms with Gasteiger partial charge in [0.15, 0.2) is 0 Å². The van der Waals surface area contributed by atoms with Crippen LogP contribution in [0.3, 0.4) is 0 Å². The van der Waals surface area contributed by atoms with Gasteiger partial charge in [-0.05, 0) is 35.0 Å². The number of carbonyl (C=O) groups is 1. The van der Waals surface area contributed by atoms with Gasteiger partial charge in [0.25, 0.3) is 0 Å². The minimum absolute atomic E-state index is 0.125. The molecule has 0 radical (unpaired) electrons. The number of benzene rings is 1. The van der Waals surface area contributed by atoms with Crippen molar-refractivity contribution in [2.45, 2.75) is 6.54 Å². The van der Waals surface area contributed by atoms with E-state index in [-0.39, 0.29) is 18.0 Å². The van der Waals surface area contributed by atoms with Crippen molar-refractivity contribution >= 4 is 34.0 Å². The number of carbonyl (C=O) groups excluding carboxylic acids is 1. The highest BCUT2D eigenvalue weighted by Crippen LogP contribution is 2.27. The number of H-pyrrole nitrogens is 1. The lowest BCUT2D eigenvalue weighted by atomic mass is 10.1. The van der Waals surface area contributed by atoms with Crippen LogP contribution in [0.15, 0.2) is 53.6 Å². The molecule has 0 saturated carbocycles. The van der Waals surface area contributed by atoms with Gasteiger partial charge in [0, 0.05) is 25.0 Å². The second kappa shape index (κ2) is 7.25. The van der Waals surface area contributed by atoms with E-state index in [1.54, 1.807) is 24.5 Å². The van der Waals surface area contributed by atoms with Crippen LogP contribution in [0.1, 0.15) is 5.69 Å². The van der Waals surface area contributed by atoms with E-state index in [0.29, 0.717) is 22.6 Å². The molecule has 7 heteroatoms. The average molecular weight is 343 g/mol. The standard InChI is InChI=1S/C17H15ClN4O2/c18-14-5-12-8-21-16(23)7-11(12)6-15(14)22-17(24)10-19-9-13-3-1-2-4-20-13/h1-8,19H,9-10H2,(H,21,23)(H,22,24). The van der Waals surface area contributed by atoms with Crippen molar-refractivity contribution in [1.29, 1.82) is 0 Å². The number of rotatable bonds is 5. The Morgan fingerprint density at radius 3 is 2.88 bits per heavy atom. The Morgan fingerprint density at radius 1 is 1.21 bits per heavy atom.